The van der Waals surface area contributed by atoms with Crippen LogP contribution < -0.4 is 11.1 Å². The number of nitrogen functional groups attached to an aromatic ring is 1. The summed E-state index contributed by atoms with van der Waals surface area (Å²) in [5, 5.41) is 3.06. The van der Waals surface area contributed by atoms with E-state index in [4.69, 9.17) is 5.73 Å². The minimum absolute atomic E-state index is 0.0554. The summed E-state index contributed by atoms with van der Waals surface area (Å²) in [5.74, 6) is -0.686. The molecule has 3 nitrogen and oxygen atoms in total. The van der Waals surface area contributed by atoms with E-state index in [0.29, 0.717) is 11.8 Å². The molecule has 1 aromatic heterocycles. The Labute approximate surface area is 106 Å². The fourth-order valence-corrected chi connectivity index (χ4v) is 2.54. The minimum Gasteiger partial charge on any atom is -0.381 e. The molecular formula is C13H19F2N3. The van der Waals surface area contributed by atoms with Crippen molar-refractivity contribution in [2.24, 2.45) is 11.8 Å². The summed E-state index contributed by atoms with van der Waals surface area (Å²) < 4.78 is 26.6. The summed E-state index contributed by atoms with van der Waals surface area (Å²) in [4.78, 5) is 3.74. The molecule has 5 heteroatoms. The van der Waals surface area contributed by atoms with Crippen LogP contribution in [0, 0.1) is 23.5 Å². The number of nitrogens with one attached hydrogen (secondary N) is 1. The van der Waals surface area contributed by atoms with Gasteiger partial charge in [0.05, 0.1) is 0 Å². The highest BCUT2D eigenvalue weighted by Gasteiger charge is 2.28. The van der Waals surface area contributed by atoms with E-state index in [-0.39, 0.29) is 17.7 Å². The number of aromatic nitrogens is 1. The molecule has 0 aromatic carbocycles. The number of halogens is 2. The third-order valence-electron chi connectivity index (χ3n) is 3.99. The Morgan fingerprint density at radius 3 is 2.72 bits per heavy atom. The average Bonchev–Trinajstić information content (AvgIpc) is 2.32. The molecule has 1 aromatic rings. The summed E-state index contributed by atoms with van der Waals surface area (Å²) in [5.41, 5.74) is 5.36. The molecule has 3 N–H and O–H groups in total. The predicted molar refractivity (Wildman–Crippen MR) is 68.2 cm³/mol. The van der Waals surface area contributed by atoms with Crippen molar-refractivity contribution in [2.45, 2.75) is 39.2 Å². The van der Waals surface area contributed by atoms with Gasteiger partial charge in [0.15, 0.2) is 23.3 Å². The van der Waals surface area contributed by atoms with Gasteiger partial charge >= 0.3 is 0 Å². The van der Waals surface area contributed by atoms with Crippen LogP contribution in [0.1, 0.15) is 33.1 Å². The Bertz CT molecular complexity index is 436. The summed E-state index contributed by atoms with van der Waals surface area (Å²) in [6.45, 7) is 4.34. The van der Waals surface area contributed by atoms with Crippen LogP contribution in [0.15, 0.2) is 6.07 Å². The van der Waals surface area contributed by atoms with Crippen molar-refractivity contribution in [3.63, 3.8) is 0 Å². The van der Waals surface area contributed by atoms with Crippen molar-refractivity contribution < 1.29 is 8.78 Å². The Balaban J connectivity index is 2.16. The number of hydrogen-bond acceptors (Lipinski definition) is 3. The van der Waals surface area contributed by atoms with Gasteiger partial charge in [-0.25, -0.2) is 13.8 Å². The second-order valence-corrected chi connectivity index (χ2v) is 5.20. The first kappa shape index (κ1) is 13.1. The van der Waals surface area contributed by atoms with E-state index in [1.165, 1.54) is 6.42 Å². The lowest BCUT2D eigenvalue weighted by Gasteiger charge is -2.35. The van der Waals surface area contributed by atoms with Gasteiger partial charge in [-0.05, 0) is 18.3 Å². The molecule has 0 aliphatic heterocycles. The molecule has 100 valence electrons. The van der Waals surface area contributed by atoms with Crippen LogP contribution in [0.25, 0.3) is 0 Å². The quantitative estimate of drug-likeness (QED) is 0.853. The zero-order valence-electron chi connectivity index (χ0n) is 10.7. The molecule has 1 aliphatic rings. The highest BCUT2D eigenvalue weighted by Crippen LogP contribution is 2.32. The van der Waals surface area contributed by atoms with Crippen LogP contribution in [0.5, 0.6) is 0 Å². The van der Waals surface area contributed by atoms with Gasteiger partial charge in [-0.15, -0.1) is 0 Å². The normalized spacial score (nSPS) is 28.1. The minimum atomic E-state index is -0.817. The molecule has 2 rings (SSSR count). The molecule has 0 saturated heterocycles. The Hall–Kier alpha value is -1.39. The SMILES string of the molecule is CC1CCCC(Nc2nc(N)c(F)cc2F)C1C. The van der Waals surface area contributed by atoms with E-state index >= 15 is 0 Å². The zero-order valence-corrected chi connectivity index (χ0v) is 10.7. The lowest BCUT2D eigenvalue weighted by atomic mass is 9.78. The number of nitrogens with zero attached hydrogens (tertiary/aromatic N) is 1. The standard InChI is InChI=1S/C13H19F2N3/c1-7-4-3-5-11(8(7)2)17-13-10(15)6-9(14)12(16)18-13/h6-8,11H,3-5H2,1-2H3,(H3,16,17,18). The highest BCUT2D eigenvalue weighted by atomic mass is 19.1. The summed E-state index contributed by atoms with van der Waals surface area (Å²) >= 11 is 0. The number of rotatable bonds is 2. The predicted octanol–water partition coefficient (Wildman–Crippen LogP) is 3.18. The van der Waals surface area contributed by atoms with Gasteiger partial charge in [-0.2, -0.15) is 0 Å². The molecular weight excluding hydrogens is 236 g/mol. The fraction of sp³-hybridized carbons (Fsp3) is 0.615. The maximum Gasteiger partial charge on any atom is 0.168 e. The van der Waals surface area contributed by atoms with Crippen LogP contribution in [0.4, 0.5) is 20.4 Å². The molecule has 18 heavy (non-hydrogen) atoms. The van der Waals surface area contributed by atoms with E-state index in [0.717, 1.165) is 18.9 Å². The number of pyridine rings is 1. The van der Waals surface area contributed by atoms with Crippen LogP contribution in [-0.4, -0.2) is 11.0 Å². The molecule has 0 spiro atoms. The van der Waals surface area contributed by atoms with Gasteiger partial charge in [0.25, 0.3) is 0 Å². The Kier molecular flexibility index (Phi) is 3.68. The molecule has 0 amide bonds. The molecule has 3 atom stereocenters. The second-order valence-electron chi connectivity index (χ2n) is 5.20. The molecule has 3 unspecified atom stereocenters. The number of anilines is 2. The van der Waals surface area contributed by atoms with E-state index in [1.807, 2.05) is 0 Å². The number of hydrogen-bond donors (Lipinski definition) is 2. The number of nitrogens with two attached hydrogens (primary N) is 1. The molecule has 0 bridgehead atoms. The van der Waals surface area contributed by atoms with E-state index in [2.05, 4.69) is 24.1 Å². The monoisotopic (exact) mass is 255 g/mol. The highest BCUT2D eigenvalue weighted by molar-refractivity contribution is 5.45. The van der Waals surface area contributed by atoms with Gasteiger partial charge in [0.1, 0.15) is 0 Å². The summed E-state index contributed by atoms with van der Waals surface area (Å²) in [6, 6.07) is 0.947. The Morgan fingerprint density at radius 2 is 2.00 bits per heavy atom. The van der Waals surface area contributed by atoms with E-state index in [1.54, 1.807) is 0 Å². The smallest absolute Gasteiger partial charge is 0.168 e. The van der Waals surface area contributed by atoms with Crippen molar-refractivity contribution in [3.8, 4) is 0 Å². The first-order valence-corrected chi connectivity index (χ1v) is 6.37. The first-order valence-electron chi connectivity index (χ1n) is 6.37. The molecule has 1 aliphatic carbocycles. The maximum absolute atomic E-state index is 13.6. The van der Waals surface area contributed by atoms with Crippen molar-refractivity contribution >= 4 is 11.6 Å². The first-order chi connectivity index (χ1) is 8.49. The average molecular weight is 255 g/mol. The lowest BCUT2D eigenvalue weighted by molar-refractivity contribution is 0.252. The van der Waals surface area contributed by atoms with Crippen molar-refractivity contribution in [2.75, 3.05) is 11.1 Å². The maximum atomic E-state index is 13.6. The van der Waals surface area contributed by atoms with Gasteiger partial charge in [0.2, 0.25) is 0 Å². The van der Waals surface area contributed by atoms with Crippen molar-refractivity contribution in [3.05, 3.63) is 17.7 Å². The van der Waals surface area contributed by atoms with Gasteiger partial charge in [-0.3, -0.25) is 0 Å². The summed E-state index contributed by atoms with van der Waals surface area (Å²) in [6.07, 6.45) is 3.28. The Morgan fingerprint density at radius 1 is 1.28 bits per heavy atom. The molecule has 0 radical (unpaired) electrons. The fourth-order valence-electron chi connectivity index (χ4n) is 2.54. The van der Waals surface area contributed by atoms with Gasteiger partial charge in [-0.1, -0.05) is 26.7 Å². The lowest BCUT2D eigenvalue weighted by Crippen LogP contribution is -2.35. The van der Waals surface area contributed by atoms with Gasteiger partial charge in [0, 0.05) is 12.1 Å². The van der Waals surface area contributed by atoms with E-state index < -0.39 is 11.6 Å². The summed E-state index contributed by atoms with van der Waals surface area (Å²) in [7, 11) is 0. The van der Waals surface area contributed by atoms with Gasteiger partial charge < -0.3 is 11.1 Å². The molecule has 1 fully saturated rings. The van der Waals surface area contributed by atoms with Crippen LogP contribution in [-0.2, 0) is 0 Å². The van der Waals surface area contributed by atoms with Crippen LogP contribution in [0.2, 0.25) is 0 Å². The van der Waals surface area contributed by atoms with E-state index in [9.17, 15) is 8.78 Å². The molecule has 1 heterocycles. The molecule has 1 saturated carbocycles. The van der Waals surface area contributed by atoms with Crippen molar-refractivity contribution in [1.29, 1.82) is 0 Å². The van der Waals surface area contributed by atoms with Crippen molar-refractivity contribution in [1.82, 2.24) is 4.98 Å². The zero-order chi connectivity index (χ0) is 13.3. The second kappa shape index (κ2) is 5.08. The topological polar surface area (TPSA) is 50.9 Å². The third kappa shape index (κ3) is 2.54. The largest absolute Gasteiger partial charge is 0.381 e. The van der Waals surface area contributed by atoms with Crippen LogP contribution >= 0.6 is 0 Å². The third-order valence-corrected chi connectivity index (χ3v) is 3.99. The van der Waals surface area contributed by atoms with Crippen LogP contribution in [0.3, 0.4) is 0 Å².